The molecule has 0 aromatic carbocycles. The predicted octanol–water partition coefficient (Wildman–Crippen LogP) is 0.164. The maximum Gasteiger partial charge on any atom is 0.186 e. The van der Waals surface area contributed by atoms with Crippen molar-refractivity contribution in [3.8, 4) is 0 Å². The van der Waals surface area contributed by atoms with Crippen molar-refractivity contribution in [1.82, 2.24) is 9.78 Å². The summed E-state index contributed by atoms with van der Waals surface area (Å²) in [6, 6.07) is 1.88. The Kier molecular flexibility index (Phi) is 3.34. The number of allylic oxidation sites excluding steroid dienone is 2. The molecular weight excluding hydrogens is 220 g/mol. The highest BCUT2D eigenvalue weighted by Crippen LogP contribution is 2.11. The van der Waals surface area contributed by atoms with Crippen LogP contribution in [0.3, 0.4) is 0 Å². The molecule has 0 bridgehead atoms. The molecule has 6 nitrogen and oxygen atoms in total. The van der Waals surface area contributed by atoms with Gasteiger partial charge in [-0.15, -0.1) is 0 Å². The molecular formula is C11H16N4O2. The van der Waals surface area contributed by atoms with E-state index >= 15 is 0 Å². The number of rotatable bonds is 4. The summed E-state index contributed by atoms with van der Waals surface area (Å²) in [7, 11) is 0. The zero-order valence-electron chi connectivity index (χ0n) is 9.67. The van der Waals surface area contributed by atoms with Crippen LogP contribution in [0.25, 0.3) is 5.70 Å². The summed E-state index contributed by atoms with van der Waals surface area (Å²) in [6.45, 7) is 3.06. The first kappa shape index (κ1) is 11.5. The van der Waals surface area contributed by atoms with Crippen LogP contribution in [0, 0.1) is 6.92 Å². The molecule has 6 heteroatoms. The quantitative estimate of drug-likeness (QED) is 0.574. The van der Waals surface area contributed by atoms with Crippen LogP contribution in [-0.2, 0) is 9.47 Å². The number of nitrogens with zero attached hydrogens (tertiary/aromatic N) is 2. The number of hydrogen-bond donors (Lipinski definition) is 2. The van der Waals surface area contributed by atoms with E-state index in [-0.39, 0.29) is 6.10 Å². The number of aromatic nitrogens is 2. The third-order valence-electron chi connectivity index (χ3n) is 2.36. The fourth-order valence-corrected chi connectivity index (χ4v) is 1.40. The van der Waals surface area contributed by atoms with E-state index in [2.05, 4.69) is 5.10 Å². The highest BCUT2D eigenvalue weighted by Gasteiger charge is 2.20. The minimum atomic E-state index is 0.0460. The number of ether oxygens (including phenoxy) is 2. The van der Waals surface area contributed by atoms with E-state index in [1.54, 1.807) is 10.8 Å². The molecule has 1 aliphatic heterocycles. The summed E-state index contributed by atoms with van der Waals surface area (Å²) in [5.41, 5.74) is 12.9. The molecule has 1 aromatic rings. The van der Waals surface area contributed by atoms with Crippen molar-refractivity contribution in [2.24, 2.45) is 11.5 Å². The van der Waals surface area contributed by atoms with Gasteiger partial charge in [-0.05, 0) is 13.0 Å². The number of hydrogen-bond acceptors (Lipinski definition) is 5. The summed E-state index contributed by atoms with van der Waals surface area (Å²) in [4.78, 5) is 0. The highest BCUT2D eigenvalue weighted by atomic mass is 16.6. The van der Waals surface area contributed by atoms with Gasteiger partial charge in [-0.2, -0.15) is 5.10 Å². The topological polar surface area (TPSA) is 88.3 Å². The Morgan fingerprint density at radius 1 is 1.65 bits per heavy atom. The van der Waals surface area contributed by atoms with Gasteiger partial charge in [-0.25, -0.2) is 4.68 Å². The van der Waals surface area contributed by atoms with Gasteiger partial charge in [0.05, 0.1) is 24.6 Å². The summed E-state index contributed by atoms with van der Waals surface area (Å²) >= 11 is 0. The fraction of sp³-hybridized carbons (Fsp3) is 0.364. The summed E-state index contributed by atoms with van der Waals surface area (Å²) in [5.74, 6) is 0.308. The lowest BCUT2D eigenvalue weighted by atomic mass is 10.3. The highest BCUT2D eigenvalue weighted by molar-refractivity contribution is 5.55. The van der Waals surface area contributed by atoms with Crippen LogP contribution in [-0.4, -0.2) is 29.1 Å². The molecule has 0 atom stereocenters. The van der Waals surface area contributed by atoms with E-state index < -0.39 is 0 Å². The van der Waals surface area contributed by atoms with Gasteiger partial charge < -0.3 is 20.9 Å². The van der Waals surface area contributed by atoms with Gasteiger partial charge in [0.2, 0.25) is 0 Å². The van der Waals surface area contributed by atoms with E-state index in [1.165, 1.54) is 6.20 Å². The molecule has 0 aliphatic carbocycles. The Morgan fingerprint density at radius 3 is 2.88 bits per heavy atom. The summed E-state index contributed by atoms with van der Waals surface area (Å²) in [6.07, 6.45) is 4.93. The first-order valence-electron chi connectivity index (χ1n) is 5.35. The normalized spacial score (nSPS) is 17.9. The fourth-order valence-electron chi connectivity index (χ4n) is 1.40. The van der Waals surface area contributed by atoms with Gasteiger partial charge in [0.25, 0.3) is 0 Å². The predicted molar refractivity (Wildman–Crippen MR) is 63.4 cm³/mol. The Morgan fingerprint density at radius 2 is 2.41 bits per heavy atom. The average molecular weight is 236 g/mol. The molecule has 0 unspecified atom stereocenters. The third-order valence-corrected chi connectivity index (χ3v) is 2.36. The van der Waals surface area contributed by atoms with Crippen LogP contribution < -0.4 is 11.5 Å². The SMILES string of the molecule is Cc1ccn(C(/C=C(\N)OC2COC2)=C/N)n1. The standard InChI is InChI=1S/C11H16N4O2/c1-8-2-3-15(14-8)9(5-12)4-11(13)17-10-6-16-7-10/h2-5,10H,6-7,12-13H2,1H3/b9-5+,11-4+. The lowest BCUT2D eigenvalue weighted by molar-refractivity contribution is -0.108. The first-order valence-corrected chi connectivity index (χ1v) is 5.35. The van der Waals surface area contributed by atoms with Crippen molar-refractivity contribution in [1.29, 1.82) is 0 Å². The zero-order chi connectivity index (χ0) is 12.3. The second kappa shape index (κ2) is 4.92. The average Bonchev–Trinajstić information content (AvgIpc) is 2.67. The minimum absolute atomic E-state index is 0.0460. The Bertz CT molecular complexity index is 446. The van der Waals surface area contributed by atoms with E-state index in [0.717, 1.165) is 5.69 Å². The van der Waals surface area contributed by atoms with Crippen molar-refractivity contribution < 1.29 is 9.47 Å². The molecule has 0 amide bonds. The molecule has 17 heavy (non-hydrogen) atoms. The molecule has 2 rings (SSSR count). The van der Waals surface area contributed by atoms with Crippen molar-refractivity contribution in [2.75, 3.05) is 13.2 Å². The smallest absolute Gasteiger partial charge is 0.186 e. The summed E-state index contributed by atoms with van der Waals surface area (Å²) < 4.78 is 12.1. The van der Waals surface area contributed by atoms with Crippen molar-refractivity contribution in [3.05, 3.63) is 36.1 Å². The van der Waals surface area contributed by atoms with E-state index in [1.807, 2.05) is 19.2 Å². The van der Waals surface area contributed by atoms with E-state index in [0.29, 0.717) is 24.8 Å². The third kappa shape index (κ3) is 2.79. The maximum absolute atomic E-state index is 5.75. The van der Waals surface area contributed by atoms with Crippen LogP contribution in [0.5, 0.6) is 0 Å². The molecule has 1 fully saturated rings. The molecule has 0 saturated carbocycles. The monoisotopic (exact) mass is 236 g/mol. The Labute approximate surface area is 99.5 Å². The van der Waals surface area contributed by atoms with Crippen LogP contribution in [0.2, 0.25) is 0 Å². The zero-order valence-corrected chi connectivity index (χ0v) is 9.67. The second-order valence-corrected chi connectivity index (χ2v) is 3.82. The van der Waals surface area contributed by atoms with Gasteiger partial charge >= 0.3 is 0 Å². The minimum Gasteiger partial charge on any atom is -0.471 e. The molecule has 4 N–H and O–H groups in total. The molecule has 1 saturated heterocycles. The molecule has 0 spiro atoms. The Balaban J connectivity index is 2.05. The summed E-state index contributed by atoms with van der Waals surface area (Å²) in [5, 5.41) is 4.24. The van der Waals surface area contributed by atoms with Gasteiger partial charge in [-0.3, -0.25) is 0 Å². The van der Waals surface area contributed by atoms with Crippen LogP contribution in [0.15, 0.2) is 30.4 Å². The van der Waals surface area contributed by atoms with Gasteiger partial charge in [0.1, 0.15) is 6.10 Å². The molecule has 1 aliphatic rings. The largest absolute Gasteiger partial charge is 0.471 e. The molecule has 92 valence electrons. The van der Waals surface area contributed by atoms with Gasteiger partial charge in [-0.1, -0.05) is 0 Å². The van der Waals surface area contributed by atoms with Gasteiger partial charge in [0.15, 0.2) is 5.88 Å². The van der Waals surface area contributed by atoms with Crippen molar-refractivity contribution >= 4 is 5.70 Å². The molecule has 0 radical (unpaired) electrons. The number of aryl methyl sites for hydroxylation is 1. The Hall–Kier alpha value is -1.95. The second-order valence-electron chi connectivity index (χ2n) is 3.82. The lowest BCUT2D eigenvalue weighted by Crippen LogP contribution is -2.36. The first-order chi connectivity index (χ1) is 8.19. The van der Waals surface area contributed by atoms with Crippen LogP contribution >= 0.6 is 0 Å². The molecule has 1 aromatic heterocycles. The molecule has 2 heterocycles. The van der Waals surface area contributed by atoms with Gasteiger partial charge in [0, 0.05) is 18.5 Å². The maximum atomic E-state index is 5.75. The van der Waals surface area contributed by atoms with E-state index in [4.69, 9.17) is 20.9 Å². The van der Waals surface area contributed by atoms with Crippen LogP contribution in [0.4, 0.5) is 0 Å². The van der Waals surface area contributed by atoms with Crippen molar-refractivity contribution in [2.45, 2.75) is 13.0 Å². The lowest BCUT2D eigenvalue weighted by Gasteiger charge is -2.26. The van der Waals surface area contributed by atoms with E-state index in [9.17, 15) is 0 Å². The number of nitrogens with two attached hydrogens (primary N) is 2. The van der Waals surface area contributed by atoms with Crippen LogP contribution in [0.1, 0.15) is 5.69 Å². The van der Waals surface area contributed by atoms with Crippen molar-refractivity contribution in [3.63, 3.8) is 0 Å².